The predicted molar refractivity (Wildman–Crippen MR) is 92.2 cm³/mol. The van der Waals surface area contributed by atoms with Crippen LogP contribution in [0.4, 0.5) is 0 Å². The molecule has 1 heterocycles. The molecule has 2 bridgehead atoms. The minimum absolute atomic E-state index is 0.0863. The van der Waals surface area contributed by atoms with Gasteiger partial charge in [-0.15, -0.1) is 0 Å². The zero-order valence-electron chi connectivity index (χ0n) is 13.0. The topological polar surface area (TPSA) is 68.1 Å². The Labute approximate surface area is 140 Å². The van der Waals surface area contributed by atoms with Gasteiger partial charge in [0.25, 0.3) is 5.56 Å². The smallest absolute Gasteiger partial charge is 0.255 e. The number of pyridine rings is 1. The molecule has 2 saturated carbocycles. The van der Waals surface area contributed by atoms with Gasteiger partial charge < -0.3 is 15.5 Å². The highest BCUT2D eigenvalue weighted by atomic mass is 35.5. The molecule has 2 aromatic rings. The fourth-order valence-corrected chi connectivity index (χ4v) is 4.61. The summed E-state index contributed by atoms with van der Waals surface area (Å²) in [7, 11) is 0. The molecule has 1 aromatic carbocycles. The van der Waals surface area contributed by atoms with Gasteiger partial charge in [-0.2, -0.15) is 0 Å². The molecule has 5 heteroatoms. The monoisotopic (exact) mass is 332 g/mol. The molecular weight excluding hydrogens is 312 g/mol. The van der Waals surface area contributed by atoms with Crippen LogP contribution in [0.25, 0.3) is 10.8 Å². The maximum absolute atomic E-state index is 11.9. The molecule has 4 rings (SSSR count). The van der Waals surface area contributed by atoms with E-state index in [1.807, 2.05) is 12.1 Å². The van der Waals surface area contributed by atoms with Crippen molar-refractivity contribution in [3.63, 3.8) is 0 Å². The van der Waals surface area contributed by atoms with Gasteiger partial charge in [-0.25, -0.2) is 0 Å². The Morgan fingerprint density at radius 3 is 2.65 bits per heavy atom. The highest BCUT2D eigenvalue weighted by Gasteiger charge is 2.47. The molecule has 0 atom stereocenters. The number of benzene rings is 1. The maximum atomic E-state index is 11.9. The van der Waals surface area contributed by atoms with Gasteiger partial charge in [-0.1, -0.05) is 11.6 Å². The lowest BCUT2D eigenvalue weighted by Crippen LogP contribution is -2.56. The molecule has 2 aliphatic rings. The third-order valence-electron chi connectivity index (χ3n) is 5.44. The van der Waals surface area contributed by atoms with E-state index in [0.29, 0.717) is 16.2 Å². The van der Waals surface area contributed by atoms with Crippen molar-refractivity contribution < 1.29 is 4.74 Å². The van der Waals surface area contributed by atoms with E-state index in [4.69, 9.17) is 22.1 Å². The molecule has 2 fully saturated rings. The van der Waals surface area contributed by atoms with Crippen molar-refractivity contribution in [2.45, 2.75) is 56.1 Å². The van der Waals surface area contributed by atoms with Gasteiger partial charge >= 0.3 is 0 Å². The Morgan fingerprint density at radius 2 is 1.91 bits per heavy atom. The van der Waals surface area contributed by atoms with Crippen LogP contribution in [0.1, 0.15) is 44.9 Å². The summed E-state index contributed by atoms with van der Waals surface area (Å²) in [4.78, 5) is 14.5. The van der Waals surface area contributed by atoms with E-state index in [1.54, 1.807) is 12.3 Å². The van der Waals surface area contributed by atoms with Crippen molar-refractivity contribution in [1.29, 1.82) is 0 Å². The van der Waals surface area contributed by atoms with Gasteiger partial charge in [-0.05, 0) is 62.1 Å². The lowest BCUT2D eigenvalue weighted by Gasteiger charge is -2.50. The Balaban J connectivity index is 1.72. The first-order valence-corrected chi connectivity index (χ1v) is 8.65. The number of aromatic amines is 1. The van der Waals surface area contributed by atoms with Crippen LogP contribution in [0, 0.1) is 0 Å². The van der Waals surface area contributed by atoms with Crippen LogP contribution in [0.15, 0.2) is 29.2 Å². The van der Waals surface area contributed by atoms with Crippen molar-refractivity contribution in [3.05, 3.63) is 39.8 Å². The molecule has 0 unspecified atom stereocenters. The van der Waals surface area contributed by atoms with Crippen molar-refractivity contribution in [3.8, 4) is 5.75 Å². The van der Waals surface area contributed by atoms with Crippen LogP contribution in [0.2, 0.25) is 5.02 Å². The van der Waals surface area contributed by atoms with Crippen molar-refractivity contribution in [2.24, 2.45) is 5.73 Å². The molecular formula is C18H21ClN2O2. The number of nitrogens with two attached hydrogens (primary N) is 1. The van der Waals surface area contributed by atoms with Crippen LogP contribution in [-0.2, 0) is 0 Å². The standard InChI is InChI=1S/C18H21ClN2O2/c19-14-10-13-12(3-8-21-16(13)22)9-15(14)23-18-6-1-4-17(20,11-18)5-2-7-18/h3,8-10H,1-2,4-7,11,20H2,(H,21,22). The Morgan fingerprint density at radius 1 is 1.17 bits per heavy atom. The molecule has 1 aromatic heterocycles. The number of halogens is 1. The number of H-pyrrole nitrogens is 1. The summed E-state index contributed by atoms with van der Waals surface area (Å²) < 4.78 is 6.43. The highest BCUT2D eigenvalue weighted by Crippen LogP contribution is 2.47. The summed E-state index contributed by atoms with van der Waals surface area (Å²) in [5.41, 5.74) is 6.10. The first-order chi connectivity index (χ1) is 11.0. The third-order valence-corrected chi connectivity index (χ3v) is 5.74. The number of aromatic nitrogens is 1. The van der Waals surface area contributed by atoms with Crippen LogP contribution in [0.3, 0.4) is 0 Å². The average Bonchev–Trinajstić information content (AvgIpc) is 2.48. The van der Waals surface area contributed by atoms with E-state index in [9.17, 15) is 4.79 Å². The molecule has 23 heavy (non-hydrogen) atoms. The lowest BCUT2D eigenvalue weighted by atomic mass is 9.65. The first-order valence-electron chi connectivity index (χ1n) is 8.28. The Bertz CT molecular complexity index is 804. The highest BCUT2D eigenvalue weighted by molar-refractivity contribution is 6.32. The molecule has 4 nitrogen and oxygen atoms in total. The Hall–Kier alpha value is -1.52. The molecule has 0 aliphatic heterocycles. The van der Waals surface area contributed by atoms with E-state index in [0.717, 1.165) is 50.3 Å². The van der Waals surface area contributed by atoms with Crippen molar-refractivity contribution in [2.75, 3.05) is 0 Å². The normalized spacial score (nSPS) is 30.3. The predicted octanol–water partition coefficient (Wildman–Crippen LogP) is 3.75. The number of rotatable bonds is 2. The number of hydrogen-bond acceptors (Lipinski definition) is 3. The van der Waals surface area contributed by atoms with Gasteiger partial charge in [0, 0.05) is 23.5 Å². The number of ether oxygens (including phenoxy) is 1. The van der Waals surface area contributed by atoms with E-state index < -0.39 is 0 Å². The van der Waals surface area contributed by atoms with E-state index in [-0.39, 0.29) is 16.7 Å². The minimum Gasteiger partial charge on any atom is -0.486 e. The SMILES string of the molecule is NC12CCCC(Oc3cc4cc[nH]c(=O)c4cc3Cl)(CCC1)C2. The minimum atomic E-state index is -0.205. The maximum Gasteiger partial charge on any atom is 0.255 e. The number of hydrogen-bond donors (Lipinski definition) is 2. The van der Waals surface area contributed by atoms with Crippen LogP contribution in [-0.4, -0.2) is 16.1 Å². The van der Waals surface area contributed by atoms with Crippen LogP contribution < -0.4 is 16.0 Å². The molecule has 0 radical (unpaired) electrons. The molecule has 3 N–H and O–H groups in total. The van der Waals surface area contributed by atoms with Crippen molar-refractivity contribution >= 4 is 22.4 Å². The summed E-state index contributed by atoms with van der Waals surface area (Å²) in [5.74, 6) is 0.663. The summed E-state index contributed by atoms with van der Waals surface area (Å²) in [6.07, 6.45) is 8.95. The van der Waals surface area contributed by atoms with Gasteiger partial charge in [0.2, 0.25) is 0 Å². The summed E-state index contributed by atoms with van der Waals surface area (Å²) in [6.45, 7) is 0. The second-order valence-electron chi connectivity index (χ2n) is 7.21. The van der Waals surface area contributed by atoms with Crippen LogP contribution in [0.5, 0.6) is 5.75 Å². The number of nitrogens with one attached hydrogen (secondary N) is 1. The van der Waals surface area contributed by atoms with Crippen LogP contribution >= 0.6 is 11.6 Å². The molecule has 0 spiro atoms. The first kappa shape index (κ1) is 15.0. The fourth-order valence-electron chi connectivity index (χ4n) is 4.41. The second kappa shape index (κ2) is 5.25. The zero-order valence-corrected chi connectivity index (χ0v) is 13.8. The molecule has 0 saturated heterocycles. The summed E-state index contributed by atoms with van der Waals surface area (Å²) in [6, 6.07) is 5.44. The Kier molecular flexibility index (Phi) is 3.43. The van der Waals surface area contributed by atoms with E-state index in [2.05, 4.69) is 4.98 Å². The largest absolute Gasteiger partial charge is 0.486 e. The summed E-state index contributed by atoms with van der Waals surface area (Å²) in [5, 5.41) is 1.92. The fraction of sp³-hybridized carbons (Fsp3) is 0.500. The van der Waals surface area contributed by atoms with Gasteiger partial charge in [0.1, 0.15) is 11.4 Å². The summed E-state index contributed by atoms with van der Waals surface area (Å²) >= 11 is 6.39. The van der Waals surface area contributed by atoms with Gasteiger partial charge in [0.05, 0.1) is 5.02 Å². The quantitative estimate of drug-likeness (QED) is 0.880. The lowest BCUT2D eigenvalue weighted by molar-refractivity contribution is -0.0348. The third kappa shape index (κ3) is 2.64. The molecule has 0 amide bonds. The van der Waals surface area contributed by atoms with Crippen molar-refractivity contribution in [1.82, 2.24) is 4.98 Å². The second-order valence-corrected chi connectivity index (χ2v) is 7.62. The number of fused-ring (bicyclic) bond motifs is 3. The van der Waals surface area contributed by atoms with Gasteiger partial charge in [-0.3, -0.25) is 4.79 Å². The molecule has 122 valence electrons. The zero-order chi connectivity index (χ0) is 16.1. The van der Waals surface area contributed by atoms with E-state index in [1.165, 1.54) is 0 Å². The average molecular weight is 333 g/mol. The van der Waals surface area contributed by atoms with E-state index >= 15 is 0 Å². The van der Waals surface area contributed by atoms with Gasteiger partial charge in [0.15, 0.2) is 0 Å². The molecule has 2 aliphatic carbocycles.